The molecule has 1 amide bonds. The Kier molecular flexibility index (Phi) is 4.57. The van der Waals surface area contributed by atoms with Gasteiger partial charge in [0.2, 0.25) is 5.91 Å². The Balaban J connectivity index is 1.62. The molecule has 2 aromatic heterocycles. The second kappa shape index (κ2) is 6.60. The number of nitrogens with one attached hydrogen (secondary N) is 1. The zero-order chi connectivity index (χ0) is 15.5. The van der Waals surface area contributed by atoms with Crippen molar-refractivity contribution in [3.05, 3.63) is 57.6 Å². The molecule has 3 aromatic rings. The Bertz CT molecular complexity index is 731. The number of rotatable bonds is 5. The number of carbonyl (C=O) groups excluding carboxylic acids is 1. The molecule has 0 aliphatic rings. The Morgan fingerprint density at radius 2 is 2.14 bits per heavy atom. The third-order valence-corrected chi connectivity index (χ3v) is 5.60. The molecule has 114 valence electrons. The number of hydrogen-bond acceptors (Lipinski definition) is 4. The smallest absolute Gasteiger partial charge is 0.227 e. The number of amides is 1. The number of fused-ring (bicyclic) bond motifs is 1. The molecule has 1 aromatic carbocycles. The van der Waals surface area contributed by atoms with Gasteiger partial charge in [-0.15, -0.1) is 11.3 Å². The summed E-state index contributed by atoms with van der Waals surface area (Å²) in [6, 6.07) is 12.0. The third kappa shape index (κ3) is 3.21. The van der Waals surface area contributed by atoms with Crippen LogP contribution in [0.15, 0.2) is 47.2 Å². The van der Waals surface area contributed by atoms with Crippen LogP contribution in [0.4, 0.5) is 0 Å². The van der Waals surface area contributed by atoms with E-state index in [4.69, 9.17) is 0 Å². The number of thiophene rings is 2. The minimum absolute atomic E-state index is 0.0569. The second-order valence-electron chi connectivity index (χ2n) is 5.23. The minimum atomic E-state index is -0.670. The number of benzene rings is 1. The van der Waals surface area contributed by atoms with Gasteiger partial charge in [0.25, 0.3) is 0 Å². The lowest BCUT2D eigenvalue weighted by Gasteiger charge is -2.13. The van der Waals surface area contributed by atoms with Gasteiger partial charge in [-0.25, -0.2) is 0 Å². The maximum atomic E-state index is 12.1. The summed E-state index contributed by atoms with van der Waals surface area (Å²) < 4.78 is 1.15. The van der Waals surface area contributed by atoms with Gasteiger partial charge in [-0.2, -0.15) is 11.3 Å². The van der Waals surface area contributed by atoms with E-state index in [1.54, 1.807) is 22.7 Å². The summed E-state index contributed by atoms with van der Waals surface area (Å²) in [5.74, 6) is -0.251. The zero-order valence-corrected chi connectivity index (χ0v) is 13.8. The minimum Gasteiger partial charge on any atom is -0.386 e. The van der Waals surface area contributed by atoms with Gasteiger partial charge in [0.1, 0.15) is 6.10 Å². The van der Waals surface area contributed by atoms with Gasteiger partial charge in [0.15, 0.2) is 0 Å². The molecule has 0 radical (unpaired) electrons. The summed E-state index contributed by atoms with van der Waals surface area (Å²) >= 11 is 3.14. The molecular weight excluding hydrogens is 314 g/mol. The first-order valence-corrected chi connectivity index (χ1v) is 8.87. The predicted molar refractivity (Wildman–Crippen MR) is 92.5 cm³/mol. The normalized spacial score (nSPS) is 13.9. The third-order valence-electron chi connectivity index (χ3n) is 3.68. The molecule has 0 saturated heterocycles. The van der Waals surface area contributed by atoms with Crippen LogP contribution >= 0.6 is 22.7 Å². The average molecular weight is 331 g/mol. The molecule has 0 bridgehead atoms. The van der Waals surface area contributed by atoms with Crippen molar-refractivity contribution in [1.29, 1.82) is 0 Å². The van der Waals surface area contributed by atoms with Crippen molar-refractivity contribution in [3.8, 4) is 0 Å². The van der Waals surface area contributed by atoms with Crippen molar-refractivity contribution in [1.82, 2.24) is 5.32 Å². The van der Waals surface area contributed by atoms with Crippen LogP contribution in [-0.2, 0) is 4.79 Å². The Morgan fingerprint density at radius 3 is 2.86 bits per heavy atom. The molecule has 22 heavy (non-hydrogen) atoms. The highest BCUT2D eigenvalue weighted by Gasteiger charge is 2.18. The molecule has 3 nitrogen and oxygen atoms in total. The van der Waals surface area contributed by atoms with Gasteiger partial charge in [0.05, 0.1) is 5.92 Å². The Labute approximate surface area is 137 Å². The maximum absolute atomic E-state index is 12.1. The standard InChI is InChI=1S/C17H17NO2S2/c1-11(13-6-7-21-10-13)17(20)18-9-14(19)16-8-12-4-2-3-5-15(12)22-16/h2-8,10-11,14,19H,9H2,1H3,(H,18,20). The van der Waals surface area contributed by atoms with Crippen molar-refractivity contribution < 1.29 is 9.90 Å². The Morgan fingerprint density at radius 1 is 1.32 bits per heavy atom. The molecule has 0 fully saturated rings. The quantitative estimate of drug-likeness (QED) is 0.744. The van der Waals surface area contributed by atoms with Gasteiger partial charge in [-0.05, 0) is 46.8 Å². The van der Waals surface area contributed by atoms with Crippen LogP contribution in [0.1, 0.15) is 29.4 Å². The molecule has 0 spiro atoms. The van der Waals surface area contributed by atoms with Crippen LogP contribution in [0.2, 0.25) is 0 Å². The topological polar surface area (TPSA) is 49.3 Å². The number of carbonyl (C=O) groups is 1. The summed E-state index contributed by atoms with van der Waals surface area (Å²) in [7, 11) is 0. The number of aliphatic hydroxyl groups is 1. The van der Waals surface area contributed by atoms with Crippen molar-refractivity contribution in [2.24, 2.45) is 0 Å². The monoisotopic (exact) mass is 331 g/mol. The first kappa shape index (κ1) is 15.2. The van der Waals surface area contributed by atoms with E-state index in [1.165, 1.54) is 0 Å². The summed E-state index contributed by atoms with van der Waals surface area (Å²) in [5.41, 5.74) is 1.01. The predicted octanol–water partition coefficient (Wildman–Crippen LogP) is 3.92. The van der Waals surface area contributed by atoms with E-state index in [9.17, 15) is 9.90 Å². The van der Waals surface area contributed by atoms with E-state index in [0.717, 1.165) is 20.5 Å². The highest BCUT2D eigenvalue weighted by Crippen LogP contribution is 2.29. The van der Waals surface area contributed by atoms with Gasteiger partial charge in [0, 0.05) is 16.1 Å². The molecule has 0 aliphatic carbocycles. The van der Waals surface area contributed by atoms with Crippen molar-refractivity contribution >= 4 is 38.7 Å². The van der Waals surface area contributed by atoms with Crippen LogP contribution in [0.25, 0.3) is 10.1 Å². The molecule has 2 N–H and O–H groups in total. The van der Waals surface area contributed by atoms with Gasteiger partial charge >= 0.3 is 0 Å². The molecule has 2 unspecified atom stereocenters. The summed E-state index contributed by atoms with van der Waals surface area (Å²) in [6.45, 7) is 2.11. The summed E-state index contributed by atoms with van der Waals surface area (Å²) in [6.07, 6.45) is -0.670. The lowest BCUT2D eigenvalue weighted by molar-refractivity contribution is -0.122. The van der Waals surface area contributed by atoms with Crippen LogP contribution in [0.3, 0.4) is 0 Å². The van der Waals surface area contributed by atoms with E-state index in [-0.39, 0.29) is 18.4 Å². The van der Waals surface area contributed by atoms with E-state index in [0.29, 0.717) is 0 Å². The molecular formula is C17H17NO2S2. The molecule has 0 aliphatic heterocycles. The zero-order valence-electron chi connectivity index (χ0n) is 12.2. The van der Waals surface area contributed by atoms with E-state index in [2.05, 4.69) is 5.32 Å². The highest BCUT2D eigenvalue weighted by molar-refractivity contribution is 7.19. The fourth-order valence-electron chi connectivity index (χ4n) is 2.29. The molecule has 5 heteroatoms. The van der Waals surface area contributed by atoms with Crippen molar-refractivity contribution in [2.75, 3.05) is 6.54 Å². The number of hydrogen-bond donors (Lipinski definition) is 2. The van der Waals surface area contributed by atoms with E-state index in [1.807, 2.05) is 54.1 Å². The summed E-state index contributed by atoms with van der Waals surface area (Å²) in [5, 5.41) is 18.2. The first-order chi connectivity index (χ1) is 10.6. The highest BCUT2D eigenvalue weighted by atomic mass is 32.1. The lowest BCUT2D eigenvalue weighted by atomic mass is 10.0. The molecule has 2 atom stereocenters. The Hall–Kier alpha value is -1.69. The lowest BCUT2D eigenvalue weighted by Crippen LogP contribution is -2.31. The summed E-state index contributed by atoms with van der Waals surface area (Å²) in [4.78, 5) is 13.0. The van der Waals surface area contributed by atoms with Crippen LogP contribution in [0.5, 0.6) is 0 Å². The van der Waals surface area contributed by atoms with Crippen LogP contribution in [-0.4, -0.2) is 17.6 Å². The van der Waals surface area contributed by atoms with Gasteiger partial charge in [-0.1, -0.05) is 18.2 Å². The molecule has 2 heterocycles. The fraction of sp³-hybridized carbons (Fsp3) is 0.235. The van der Waals surface area contributed by atoms with E-state index < -0.39 is 6.10 Å². The average Bonchev–Trinajstić information content (AvgIpc) is 3.20. The van der Waals surface area contributed by atoms with Crippen LogP contribution in [0, 0.1) is 0 Å². The van der Waals surface area contributed by atoms with Gasteiger partial charge in [-0.3, -0.25) is 4.79 Å². The fourth-order valence-corrected chi connectivity index (χ4v) is 4.10. The van der Waals surface area contributed by atoms with Gasteiger partial charge < -0.3 is 10.4 Å². The molecule has 3 rings (SSSR count). The second-order valence-corrected chi connectivity index (χ2v) is 7.12. The van der Waals surface area contributed by atoms with Crippen molar-refractivity contribution in [2.45, 2.75) is 18.9 Å². The van der Waals surface area contributed by atoms with E-state index >= 15 is 0 Å². The maximum Gasteiger partial charge on any atom is 0.227 e. The van der Waals surface area contributed by atoms with Crippen LogP contribution < -0.4 is 5.32 Å². The number of aliphatic hydroxyl groups excluding tert-OH is 1. The molecule has 0 saturated carbocycles. The first-order valence-electron chi connectivity index (χ1n) is 7.11. The largest absolute Gasteiger partial charge is 0.386 e. The van der Waals surface area contributed by atoms with Crippen molar-refractivity contribution in [3.63, 3.8) is 0 Å². The SMILES string of the molecule is CC(C(=O)NCC(O)c1cc2ccccc2s1)c1ccsc1.